The zero-order valence-corrected chi connectivity index (χ0v) is 26.6. The Balaban J connectivity index is 1.25. The van der Waals surface area contributed by atoms with Gasteiger partial charge in [0.15, 0.2) is 0 Å². The molecule has 0 aromatic heterocycles. The maximum atomic E-state index is 14.5. The predicted molar refractivity (Wildman–Crippen MR) is 174 cm³/mol. The van der Waals surface area contributed by atoms with Crippen LogP contribution in [0.25, 0.3) is 5.57 Å². The minimum absolute atomic E-state index is 0.00223. The number of fused-ring (bicyclic) bond motifs is 2. The van der Waals surface area contributed by atoms with Crippen molar-refractivity contribution in [3.8, 4) is 5.75 Å². The summed E-state index contributed by atoms with van der Waals surface area (Å²) in [5.41, 5.74) is 7.74. The van der Waals surface area contributed by atoms with Crippen LogP contribution < -0.4 is 15.4 Å². The zero-order chi connectivity index (χ0) is 30.1. The topological polar surface area (TPSA) is 56.8 Å². The molecule has 226 valence electrons. The lowest BCUT2D eigenvalue weighted by Crippen LogP contribution is -2.60. The van der Waals surface area contributed by atoms with E-state index in [2.05, 4.69) is 64.7 Å². The lowest BCUT2D eigenvalue weighted by Gasteiger charge is -2.41. The van der Waals surface area contributed by atoms with E-state index in [4.69, 9.17) is 27.9 Å². The van der Waals surface area contributed by atoms with Crippen molar-refractivity contribution in [3.05, 3.63) is 104 Å². The number of rotatable bonds is 10. The minimum Gasteiger partial charge on any atom is -0.496 e. The molecule has 3 aliphatic rings. The molecule has 3 aromatic carbocycles. The van der Waals surface area contributed by atoms with Gasteiger partial charge in [0.2, 0.25) is 0 Å². The average molecular weight is 620 g/mol. The normalized spacial score (nSPS) is 20.0. The van der Waals surface area contributed by atoms with Crippen LogP contribution in [-0.4, -0.2) is 61.1 Å². The Hall–Kier alpha value is -2.87. The maximum absolute atomic E-state index is 14.5. The van der Waals surface area contributed by atoms with Crippen molar-refractivity contribution in [2.45, 2.75) is 63.9 Å². The van der Waals surface area contributed by atoms with E-state index in [-0.39, 0.29) is 18.0 Å². The van der Waals surface area contributed by atoms with Crippen LogP contribution >= 0.6 is 23.2 Å². The van der Waals surface area contributed by atoms with Crippen molar-refractivity contribution < 1.29 is 9.53 Å². The molecule has 1 aliphatic carbocycles. The number of nitrogens with zero attached hydrogens (tertiary/aromatic N) is 2. The molecule has 1 saturated heterocycles. The Morgan fingerprint density at radius 3 is 2.49 bits per heavy atom. The summed E-state index contributed by atoms with van der Waals surface area (Å²) < 4.78 is 5.58. The number of nitrogens with one attached hydrogen (secondary N) is 2. The summed E-state index contributed by atoms with van der Waals surface area (Å²) in [5.74, 6) is 1.02. The summed E-state index contributed by atoms with van der Waals surface area (Å²) >= 11 is 12.5. The number of hydrogen-bond donors (Lipinski definition) is 2. The van der Waals surface area contributed by atoms with Gasteiger partial charge in [-0.1, -0.05) is 65.7 Å². The van der Waals surface area contributed by atoms with Gasteiger partial charge in [0.05, 0.1) is 13.2 Å². The SMILES string of the molecule is COc1cccc(CN(C(=O)C2=C(c3ccc(CN(C)Cc4ccc(Cl)cc4Cl)cc3)C[C@H]3CNC[C@H]2N3)C2CC2)c1C. The van der Waals surface area contributed by atoms with E-state index < -0.39 is 0 Å². The molecular formula is C35H40Cl2N4O2. The molecule has 6 nitrogen and oxygen atoms in total. The number of benzene rings is 3. The van der Waals surface area contributed by atoms with Crippen molar-refractivity contribution in [3.63, 3.8) is 0 Å². The van der Waals surface area contributed by atoms with Gasteiger partial charge < -0.3 is 20.3 Å². The highest BCUT2D eigenvalue weighted by Gasteiger charge is 2.41. The molecule has 8 heteroatoms. The quantitative estimate of drug-likeness (QED) is 0.282. The Kier molecular flexibility index (Phi) is 9.13. The number of ether oxygens (including phenoxy) is 1. The number of amides is 1. The number of carbonyl (C=O) groups is 1. The fourth-order valence-electron chi connectivity index (χ4n) is 6.50. The van der Waals surface area contributed by atoms with Gasteiger partial charge in [-0.15, -0.1) is 0 Å². The minimum atomic E-state index is -0.00223. The second kappa shape index (κ2) is 13.0. The largest absolute Gasteiger partial charge is 0.496 e. The Bertz CT molecular complexity index is 1520. The zero-order valence-electron chi connectivity index (χ0n) is 25.1. The molecule has 2 heterocycles. The third kappa shape index (κ3) is 6.79. The first kappa shape index (κ1) is 30.2. The van der Waals surface area contributed by atoms with Crippen molar-refractivity contribution in [2.24, 2.45) is 0 Å². The number of piperazine rings is 1. The van der Waals surface area contributed by atoms with E-state index in [1.807, 2.05) is 24.3 Å². The van der Waals surface area contributed by atoms with E-state index >= 15 is 0 Å². The molecule has 2 fully saturated rings. The summed E-state index contributed by atoms with van der Waals surface area (Å²) in [6.45, 7) is 5.86. The fraction of sp³-hybridized carbons (Fsp3) is 0.400. The molecule has 43 heavy (non-hydrogen) atoms. The molecule has 1 saturated carbocycles. The van der Waals surface area contributed by atoms with Crippen molar-refractivity contribution >= 4 is 34.7 Å². The number of methoxy groups -OCH3 is 1. The number of hydrogen-bond acceptors (Lipinski definition) is 5. The van der Waals surface area contributed by atoms with Crippen LogP contribution in [-0.2, 0) is 24.4 Å². The first-order valence-corrected chi connectivity index (χ1v) is 15.9. The third-order valence-electron chi connectivity index (χ3n) is 8.95. The molecule has 2 N–H and O–H groups in total. The monoisotopic (exact) mass is 618 g/mol. The summed E-state index contributed by atoms with van der Waals surface area (Å²) in [6, 6.07) is 21.1. The number of halogens is 2. The van der Waals surface area contributed by atoms with Gasteiger partial charge in [0, 0.05) is 60.4 Å². The molecule has 0 spiro atoms. The highest BCUT2D eigenvalue weighted by molar-refractivity contribution is 6.35. The van der Waals surface area contributed by atoms with Gasteiger partial charge >= 0.3 is 0 Å². The Morgan fingerprint density at radius 2 is 1.77 bits per heavy atom. The van der Waals surface area contributed by atoms with E-state index in [0.717, 1.165) is 79.0 Å². The first-order valence-electron chi connectivity index (χ1n) is 15.2. The highest BCUT2D eigenvalue weighted by atomic mass is 35.5. The second-order valence-electron chi connectivity index (χ2n) is 12.2. The van der Waals surface area contributed by atoms with Crippen LogP contribution in [0.1, 0.15) is 47.1 Å². The molecular weight excluding hydrogens is 579 g/mol. The lowest BCUT2D eigenvalue weighted by molar-refractivity contribution is -0.128. The predicted octanol–water partition coefficient (Wildman–Crippen LogP) is 6.22. The summed E-state index contributed by atoms with van der Waals surface area (Å²) in [7, 11) is 3.79. The van der Waals surface area contributed by atoms with Crippen LogP contribution in [0.2, 0.25) is 10.0 Å². The van der Waals surface area contributed by atoms with Crippen molar-refractivity contribution in [2.75, 3.05) is 27.2 Å². The van der Waals surface area contributed by atoms with Crippen LogP contribution in [0, 0.1) is 6.92 Å². The maximum Gasteiger partial charge on any atom is 0.252 e. The van der Waals surface area contributed by atoms with Crippen LogP contribution in [0.3, 0.4) is 0 Å². The van der Waals surface area contributed by atoms with Gasteiger partial charge in [0.1, 0.15) is 5.75 Å². The van der Waals surface area contributed by atoms with Crippen molar-refractivity contribution in [1.29, 1.82) is 0 Å². The smallest absolute Gasteiger partial charge is 0.252 e. The first-order chi connectivity index (χ1) is 20.8. The molecule has 3 aromatic rings. The Morgan fingerprint density at radius 1 is 0.977 bits per heavy atom. The van der Waals surface area contributed by atoms with E-state index in [0.29, 0.717) is 22.6 Å². The highest BCUT2D eigenvalue weighted by Crippen LogP contribution is 2.37. The molecule has 0 radical (unpaired) electrons. The molecule has 2 aliphatic heterocycles. The average Bonchev–Trinajstić information content (AvgIpc) is 3.84. The lowest BCUT2D eigenvalue weighted by atomic mass is 9.83. The van der Waals surface area contributed by atoms with E-state index in [1.165, 1.54) is 11.1 Å². The van der Waals surface area contributed by atoms with E-state index in [1.54, 1.807) is 13.2 Å². The van der Waals surface area contributed by atoms with Gasteiger partial charge in [-0.05, 0) is 84.8 Å². The summed E-state index contributed by atoms with van der Waals surface area (Å²) in [4.78, 5) is 18.9. The molecule has 2 bridgehead atoms. The van der Waals surface area contributed by atoms with Crippen molar-refractivity contribution in [1.82, 2.24) is 20.4 Å². The molecule has 1 amide bonds. The van der Waals surface area contributed by atoms with Crippen LogP contribution in [0.5, 0.6) is 5.75 Å². The summed E-state index contributed by atoms with van der Waals surface area (Å²) in [5, 5.41) is 8.63. The number of carbonyl (C=O) groups excluding carboxylic acids is 1. The summed E-state index contributed by atoms with van der Waals surface area (Å²) in [6.07, 6.45) is 2.94. The Labute approximate surface area is 265 Å². The third-order valence-corrected chi connectivity index (χ3v) is 9.53. The van der Waals surface area contributed by atoms with Gasteiger partial charge in [0.25, 0.3) is 5.91 Å². The molecule has 0 unspecified atom stereocenters. The standard InChI is InChI=1S/C35H40Cl2N4O2/c1-22-25(5-4-6-33(22)43-3)21-41(29-13-14-29)35(42)34-30(16-28-17-38-18-32(34)39-28)24-9-7-23(8-10-24)19-40(2)20-26-11-12-27(36)15-31(26)37/h4-12,15,28-29,32,38-39H,13-14,16-21H2,1-3H3/t28-,32+/m0/s1. The van der Waals surface area contributed by atoms with Gasteiger partial charge in [-0.3, -0.25) is 9.69 Å². The second-order valence-corrected chi connectivity index (χ2v) is 13.0. The van der Waals surface area contributed by atoms with Crippen LogP contribution in [0.15, 0.2) is 66.2 Å². The van der Waals surface area contributed by atoms with Crippen LogP contribution in [0.4, 0.5) is 0 Å². The van der Waals surface area contributed by atoms with Gasteiger partial charge in [-0.2, -0.15) is 0 Å². The van der Waals surface area contributed by atoms with Gasteiger partial charge in [-0.25, -0.2) is 0 Å². The molecule has 2 atom stereocenters. The molecule has 6 rings (SSSR count). The fourth-order valence-corrected chi connectivity index (χ4v) is 6.97. The van der Waals surface area contributed by atoms with E-state index in [9.17, 15) is 4.79 Å².